The van der Waals surface area contributed by atoms with Crippen LogP contribution in [0.25, 0.3) is 5.69 Å². The first-order chi connectivity index (χ1) is 15.5. The highest BCUT2D eigenvalue weighted by atomic mass is 32.1. The molecule has 7 heteroatoms. The van der Waals surface area contributed by atoms with E-state index in [9.17, 15) is 4.79 Å². The molecule has 1 heterocycles. The van der Waals surface area contributed by atoms with Gasteiger partial charge in [-0.1, -0.05) is 48.5 Å². The van der Waals surface area contributed by atoms with Gasteiger partial charge in [-0.25, -0.2) is 4.68 Å². The molecular weight excluding hydrogens is 420 g/mol. The molecule has 4 rings (SSSR count). The molecule has 3 aromatic carbocycles. The second-order valence-corrected chi connectivity index (χ2v) is 7.72. The number of hydrogen-bond donors (Lipinski definition) is 2. The Balaban J connectivity index is 1.41. The van der Waals surface area contributed by atoms with Gasteiger partial charge in [0.05, 0.1) is 11.4 Å². The molecule has 0 aliphatic heterocycles. The quantitative estimate of drug-likeness (QED) is 0.416. The average molecular weight is 445 g/mol. The molecule has 0 saturated carbocycles. The van der Waals surface area contributed by atoms with Gasteiger partial charge in [0.15, 0.2) is 5.11 Å². The zero-order valence-electron chi connectivity index (χ0n) is 17.9. The maximum absolute atomic E-state index is 13.0. The Labute approximate surface area is 192 Å². The summed E-state index contributed by atoms with van der Waals surface area (Å²) in [6.45, 7) is 2.39. The highest BCUT2D eigenvalue weighted by Crippen LogP contribution is 2.18. The van der Waals surface area contributed by atoms with E-state index < -0.39 is 0 Å². The van der Waals surface area contributed by atoms with Crippen LogP contribution in [0.1, 0.15) is 11.3 Å². The minimum atomic E-state index is -0.162. The predicted molar refractivity (Wildman–Crippen MR) is 133 cm³/mol. The van der Waals surface area contributed by atoms with Crippen LogP contribution in [0.3, 0.4) is 0 Å². The van der Waals surface area contributed by atoms with E-state index in [2.05, 4.69) is 10.6 Å². The molecule has 0 atom stereocenters. The molecule has 0 spiro atoms. The van der Waals surface area contributed by atoms with Gasteiger partial charge in [0.1, 0.15) is 18.0 Å². The van der Waals surface area contributed by atoms with Gasteiger partial charge in [0.25, 0.3) is 5.56 Å². The second-order valence-electron chi connectivity index (χ2n) is 7.31. The summed E-state index contributed by atoms with van der Waals surface area (Å²) >= 11 is 5.44. The number of ether oxygens (including phenoxy) is 1. The molecule has 2 N–H and O–H groups in total. The van der Waals surface area contributed by atoms with Crippen molar-refractivity contribution < 1.29 is 4.74 Å². The van der Waals surface area contributed by atoms with Gasteiger partial charge in [0.2, 0.25) is 0 Å². The Bertz CT molecular complexity index is 1260. The molecule has 0 radical (unpaired) electrons. The Morgan fingerprint density at radius 2 is 1.53 bits per heavy atom. The highest BCUT2D eigenvalue weighted by molar-refractivity contribution is 7.80. The largest absolute Gasteiger partial charge is 0.489 e. The van der Waals surface area contributed by atoms with Crippen LogP contribution in [0, 0.1) is 6.92 Å². The summed E-state index contributed by atoms with van der Waals surface area (Å²) in [6.07, 6.45) is 0. The molecule has 162 valence electrons. The number of rotatable bonds is 6. The van der Waals surface area contributed by atoms with E-state index in [0.29, 0.717) is 17.4 Å². The summed E-state index contributed by atoms with van der Waals surface area (Å²) in [5, 5.41) is 6.52. The van der Waals surface area contributed by atoms with E-state index in [4.69, 9.17) is 17.0 Å². The van der Waals surface area contributed by atoms with Crippen LogP contribution >= 0.6 is 12.2 Å². The van der Waals surface area contributed by atoms with E-state index in [0.717, 1.165) is 28.4 Å². The van der Waals surface area contributed by atoms with Crippen molar-refractivity contribution in [2.45, 2.75) is 13.5 Å². The van der Waals surface area contributed by atoms with E-state index in [1.54, 1.807) is 4.68 Å². The second kappa shape index (κ2) is 9.53. The fourth-order valence-corrected chi connectivity index (χ4v) is 3.58. The SMILES string of the molecule is Cc1c(NC(=S)Nc2ccc(OCc3ccccc3)cc2)c(=O)n(-c2ccccc2)n1C. The van der Waals surface area contributed by atoms with Gasteiger partial charge in [0, 0.05) is 12.7 Å². The van der Waals surface area contributed by atoms with Crippen LogP contribution < -0.4 is 20.9 Å². The van der Waals surface area contributed by atoms with Gasteiger partial charge >= 0.3 is 0 Å². The minimum absolute atomic E-state index is 0.162. The maximum atomic E-state index is 13.0. The molecule has 4 aromatic rings. The average Bonchev–Trinajstić information content (AvgIpc) is 3.03. The van der Waals surface area contributed by atoms with Crippen molar-refractivity contribution in [3.63, 3.8) is 0 Å². The third-order valence-corrected chi connectivity index (χ3v) is 5.36. The van der Waals surface area contributed by atoms with Crippen molar-refractivity contribution >= 4 is 28.7 Å². The molecule has 0 saturated heterocycles. The standard InChI is InChI=1S/C25H24N4O2S/c1-18-23(24(30)29(28(18)2)21-11-7-4-8-12-21)27-25(32)26-20-13-15-22(16-14-20)31-17-19-9-5-3-6-10-19/h3-16H,17H2,1-2H3,(H2,26,27,32). The van der Waals surface area contributed by atoms with Crippen molar-refractivity contribution in [2.24, 2.45) is 7.05 Å². The molecule has 32 heavy (non-hydrogen) atoms. The summed E-state index contributed by atoms with van der Waals surface area (Å²) in [5.74, 6) is 0.767. The summed E-state index contributed by atoms with van der Waals surface area (Å²) in [4.78, 5) is 13.0. The number of nitrogens with one attached hydrogen (secondary N) is 2. The van der Waals surface area contributed by atoms with Gasteiger partial charge in [-0.2, -0.15) is 0 Å². The lowest BCUT2D eigenvalue weighted by Crippen LogP contribution is -2.25. The van der Waals surface area contributed by atoms with E-state index in [1.807, 2.05) is 104 Å². The topological polar surface area (TPSA) is 60.2 Å². The van der Waals surface area contributed by atoms with Crippen LogP contribution in [0.15, 0.2) is 89.7 Å². The van der Waals surface area contributed by atoms with E-state index >= 15 is 0 Å². The van der Waals surface area contributed by atoms with Crippen LogP contribution in [-0.2, 0) is 13.7 Å². The van der Waals surface area contributed by atoms with Crippen molar-refractivity contribution in [3.05, 3.63) is 107 Å². The third kappa shape index (κ3) is 4.73. The zero-order chi connectivity index (χ0) is 22.5. The predicted octanol–water partition coefficient (Wildman–Crippen LogP) is 4.87. The number of benzene rings is 3. The lowest BCUT2D eigenvalue weighted by atomic mass is 10.2. The summed E-state index contributed by atoms with van der Waals surface area (Å²) < 4.78 is 9.23. The Morgan fingerprint density at radius 3 is 2.19 bits per heavy atom. The minimum Gasteiger partial charge on any atom is -0.489 e. The lowest BCUT2D eigenvalue weighted by molar-refractivity contribution is 0.306. The summed E-state index contributed by atoms with van der Waals surface area (Å²) in [7, 11) is 1.85. The normalized spacial score (nSPS) is 10.6. The van der Waals surface area contributed by atoms with Crippen LogP contribution in [0.5, 0.6) is 5.75 Å². The van der Waals surface area contributed by atoms with Crippen molar-refractivity contribution in [3.8, 4) is 11.4 Å². The molecule has 1 aromatic heterocycles. The Morgan fingerprint density at radius 1 is 0.906 bits per heavy atom. The number of aromatic nitrogens is 2. The molecule has 0 amide bonds. The van der Waals surface area contributed by atoms with Crippen LogP contribution in [0.2, 0.25) is 0 Å². The first-order valence-corrected chi connectivity index (χ1v) is 10.6. The zero-order valence-corrected chi connectivity index (χ0v) is 18.7. The molecule has 0 aliphatic rings. The molecule has 0 bridgehead atoms. The van der Waals surface area contributed by atoms with Crippen LogP contribution in [-0.4, -0.2) is 14.5 Å². The molecular formula is C25H24N4O2S. The van der Waals surface area contributed by atoms with Crippen LogP contribution in [0.4, 0.5) is 11.4 Å². The highest BCUT2D eigenvalue weighted by Gasteiger charge is 2.17. The number of thiocarbonyl (C=S) groups is 1. The molecule has 0 aliphatic carbocycles. The number of para-hydroxylation sites is 1. The summed E-state index contributed by atoms with van der Waals surface area (Å²) in [5.41, 5.74) is 3.77. The first-order valence-electron chi connectivity index (χ1n) is 10.2. The fraction of sp³-hybridized carbons (Fsp3) is 0.120. The maximum Gasteiger partial charge on any atom is 0.295 e. The number of nitrogens with zero attached hydrogens (tertiary/aromatic N) is 2. The van der Waals surface area contributed by atoms with Crippen molar-refractivity contribution in [1.82, 2.24) is 9.36 Å². The fourth-order valence-electron chi connectivity index (χ4n) is 3.36. The third-order valence-electron chi connectivity index (χ3n) is 5.15. The monoisotopic (exact) mass is 444 g/mol. The molecule has 0 unspecified atom stereocenters. The van der Waals surface area contributed by atoms with Crippen molar-refractivity contribution in [2.75, 3.05) is 10.6 Å². The van der Waals surface area contributed by atoms with Crippen molar-refractivity contribution in [1.29, 1.82) is 0 Å². The van der Waals surface area contributed by atoms with Gasteiger partial charge in [-0.3, -0.25) is 9.48 Å². The first kappa shape index (κ1) is 21.4. The molecule has 6 nitrogen and oxygen atoms in total. The number of anilines is 2. The Hall–Kier alpha value is -3.84. The molecule has 0 fully saturated rings. The van der Waals surface area contributed by atoms with Gasteiger partial charge in [-0.15, -0.1) is 0 Å². The van der Waals surface area contributed by atoms with E-state index in [1.165, 1.54) is 0 Å². The lowest BCUT2D eigenvalue weighted by Gasteiger charge is -2.11. The number of hydrogen-bond acceptors (Lipinski definition) is 3. The van der Waals surface area contributed by atoms with Gasteiger partial charge in [-0.05, 0) is 61.1 Å². The summed E-state index contributed by atoms with van der Waals surface area (Å²) in [6, 6.07) is 27.0. The van der Waals surface area contributed by atoms with E-state index in [-0.39, 0.29) is 5.56 Å². The Kier molecular flexibility index (Phi) is 6.37. The van der Waals surface area contributed by atoms with Gasteiger partial charge < -0.3 is 15.4 Å². The smallest absolute Gasteiger partial charge is 0.295 e.